The number of quaternary nitrogens is 1. The summed E-state index contributed by atoms with van der Waals surface area (Å²) in [7, 11) is 4.64. The molecule has 0 bridgehead atoms. The van der Waals surface area contributed by atoms with Crippen molar-refractivity contribution < 1.29 is 23.9 Å². The Morgan fingerprint density at radius 3 is 2.17 bits per heavy atom. The van der Waals surface area contributed by atoms with Gasteiger partial charge in [-0.05, 0) is 12.1 Å². The van der Waals surface area contributed by atoms with E-state index in [1.807, 2.05) is 12.1 Å². The molecule has 0 spiro atoms. The van der Waals surface area contributed by atoms with Gasteiger partial charge in [-0.2, -0.15) is 0 Å². The lowest BCUT2D eigenvalue weighted by atomic mass is 10.0. The fraction of sp³-hybridized carbons (Fsp3) is 0.409. The van der Waals surface area contributed by atoms with Crippen molar-refractivity contribution in [2.45, 2.75) is 25.4 Å². The molecule has 1 heterocycles. The van der Waals surface area contributed by atoms with Gasteiger partial charge in [0.2, 0.25) is 0 Å². The van der Waals surface area contributed by atoms with Gasteiger partial charge in [0.15, 0.2) is 11.5 Å². The molecule has 3 rings (SSSR count). The molecule has 1 fully saturated rings. The number of amides is 1. The number of rotatable bonds is 7. The van der Waals surface area contributed by atoms with Crippen LogP contribution in [0.3, 0.4) is 0 Å². The summed E-state index contributed by atoms with van der Waals surface area (Å²) in [5.74, 6) is 1.33. The van der Waals surface area contributed by atoms with Gasteiger partial charge in [-0.15, -0.1) is 0 Å². The summed E-state index contributed by atoms with van der Waals surface area (Å²) in [6, 6.07) is 11.5. The third-order valence-electron chi connectivity index (χ3n) is 5.35. The van der Waals surface area contributed by atoms with Crippen molar-refractivity contribution in [3.05, 3.63) is 52.5 Å². The van der Waals surface area contributed by atoms with Crippen molar-refractivity contribution >= 4 is 17.5 Å². The lowest BCUT2D eigenvalue weighted by Crippen LogP contribution is -3.12. The van der Waals surface area contributed by atoms with Crippen LogP contribution in [-0.4, -0.2) is 46.4 Å². The van der Waals surface area contributed by atoms with Gasteiger partial charge in [0.25, 0.3) is 5.91 Å². The van der Waals surface area contributed by atoms with Crippen LogP contribution in [-0.2, 0) is 6.54 Å². The van der Waals surface area contributed by atoms with Gasteiger partial charge in [0, 0.05) is 41.6 Å². The molecular formula is C22H28ClN2O4+. The maximum Gasteiger partial charge on any atom is 0.255 e. The van der Waals surface area contributed by atoms with Crippen molar-refractivity contribution in [2.75, 3.05) is 34.4 Å². The van der Waals surface area contributed by atoms with Gasteiger partial charge >= 0.3 is 0 Å². The van der Waals surface area contributed by atoms with Crippen LogP contribution in [0.4, 0.5) is 0 Å². The fourth-order valence-electron chi connectivity index (χ4n) is 3.71. The van der Waals surface area contributed by atoms with Crippen LogP contribution in [0.2, 0.25) is 5.02 Å². The average Bonchev–Trinajstić information content (AvgIpc) is 2.75. The van der Waals surface area contributed by atoms with Crippen molar-refractivity contribution in [1.29, 1.82) is 0 Å². The maximum atomic E-state index is 12.9. The summed E-state index contributed by atoms with van der Waals surface area (Å²) in [4.78, 5) is 14.4. The first kappa shape index (κ1) is 21.3. The van der Waals surface area contributed by atoms with Crippen LogP contribution in [0.1, 0.15) is 28.8 Å². The number of piperidine rings is 1. The van der Waals surface area contributed by atoms with Crippen LogP contribution in [0.25, 0.3) is 0 Å². The Balaban J connectivity index is 1.59. The molecule has 156 valence electrons. The van der Waals surface area contributed by atoms with Crippen molar-refractivity contribution in [3.63, 3.8) is 0 Å². The van der Waals surface area contributed by atoms with E-state index >= 15 is 0 Å². The molecule has 2 aromatic carbocycles. The maximum absolute atomic E-state index is 12.9. The topological polar surface area (TPSA) is 61.2 Å². The Labute approximate surface area is 176 Å². The Kier molecular flexibility index (Phi) is 7.23. The molecule has 6 nitrogen and oxygen atoms in total. The summed E-state index contributed by atoms with van der Waals surface area (Å²) < 4.78 is 16.0. The van der Waals surface area contributed by atoms with Crippen molar-refractivity contribution in [1.82, 2.24) is 5.32 Å². The molecule has 2 aromatic rings. The lowest BCUT2D eigenvalue weighted by Gasteiger charge is -2.30. The van der Waals surface area contributed by atoms with E-state index in [0.29, 0.717) is 22.8 Å². The number of hydrogen-bond donors (Lipinski definition) is 2. The standard InChI is InChI=1S/C22H27ClN2O4/c1-27-19-13-21(29-3)20(28-2)12-18(19)22(26)24-17-8-10-25(11-9-17)14-15-4-6-16(23)7-5-15/h4-7,12-13,17H,8-11,14H2,1-3H3,(H,24,26)/p+1. The van der Waals surface area contributed by atoms with Gasteiger partial charge in [0.1, 0.15) is 12.3 Å². The van der Waals surface area contributed by atoms with Crippen LogP contribution in [0.5, 0.6) is 17.2 Å². The average molecular weight is 420 g/mol. The molecule has 1 amide bonds. The summed E-state index contributed by atoms with van der Waals surface area (Å²) in [5.41, 5.74) is 1.73. The molecule has 0 saturated carbocycles. The highest BCUT2D eigenvalue weighted by molar-refractivity contribution is 6.30. The summed E-state index contributed by atoms with van der Waals surface area (Å²) in [5, 5.41) is 3.90. The van der Waals surface area contributed by atoms with Gasteiger partial charge < -0.3 is 24.4 Å². The molecule has 0 aliphatic carbocycles. The van der Waals surface area contributed by atoms with Crippen molar-refractivity contribution in [2.24, 2.45) is 0 Å². The minimum Gasteiger partial charge on any atom is -0.496 e. The SMILES string of the molecule is COc1cc(OC)c(C(=O)NC2CC[NH+](Cc3ccc(Cl)cc3)CC2)cc1OC. The van der Waals surface area contributed by atoms with E-state index in [1.54, 1.807) is 26.4 Å². The van der Waals surface area contributed by atoms with E-state index in [4.69, 9.17) is 25.8 Å². The first-order valence-corrected chi connectivity index (χ1v) is 10.1. The zero-order valence-corrected chi connectivity index (χ0v) is 17.8. The Hall–Kier alpha value is -2.44. The van der Waals surface area contributed by atoms with Gasteiger partial charge in [-0.25, -0.2) is 0 Å². The molecule has 1 aliphatic heterocycles. The molecular weight excluding hydrogens is 392 g/mol. The predicted molar refractivity (Wildman–Crippen MR) is 112 cm³/mol. The largest absolute Gasteiger partial charge is 0.496 e. The predicted octanol–water partition coefficient (Wildman–Crippen LogP) is 2.34. The normalized spacial score (nSPS) is 18.8. The lowest BCUT2D eigenvalue weighted by molar-refractivity contribution is -0.918. The van der Waals surface area contributed by atoms with E-state index in [2.05, 4.69) is 17.4 Å². The van der Waals surface area contributed by atoms with Crippen LogP contribution < -0.4 is 24.4 Å². The fourth-order valence-corrected chi connectivity index (χ4v) is 3.83. The second-order valence-corrected chi connectivity index (χ2v) is 7.64. The van der Waals surface area contributed by atoms with E-state index in [0.717, 1.165) is 37.5 Å². The van der Waals surface area contributed by atoms with E-state index in [-0.39, 0.29) is 11.9 Å². The van der Waals surface area contributed by atoms with Gasteiger partial charge in [0.05, 0.1) is 40.0 Å². The summed E-state index contributed by atoms with van der Waals surface area (Å²) in [6.07, 6.45) is 1.87. The molecule has 2 N–H and O–H groups in total. The highest BCUT2D eigenvalue weighted by Gasteiger charge is 2.25. The molecule has 0 radical (unpaired) electrons. The number of ether oxygens (including phenoxy) is 3. The number of halogens is 1. The van der Waals surface area contributed by atoms with Crippen LogP contribution in [0.15, 0.2) is 36.4 Å². The van der Waals surface area contributed by atoms with Crippen LogP contribution in [0, 0.1) is 0 Å². The number of carbonyl (C=O) groups is 1. The second-order valence-electron chi connectivity index (χ2n) is 7.21. The molecule has 7 heteroatoms. The van der Waals surface area contributed by atoms with Gasteiger partial charge in [-0.1, -0.05) is 23.7 Å². The molecule has 0 atom stereocenters. The zero-order chi connectivity index (χ0) is 20.8. The van der Waals surface area contributed by atoms with Crippen LogP contribution >= 0.6 is 11.6 Å². The number of hydrogen-bond acceptors (Lipinski definition) is 4. The monoisotopic (exact) mass is 419 g/mol. The second kappa shape index (κ2) is 9.85. The minimum atomic E-state index is -0.158. The Morgan fingerprint density at radius 1 is 1.00 bits per heavy atom. The number of carbonyl (C=O) groups excluding carboxylic acids is 1. The molecule has 0 aromatic heterocycles. The highest BCUT2D eigenvalue weighted by atomic mass is 35.5. The first-order valence-electron chi connectivity index (χ1n) is 9.73. The third-order valence-corrected chi connectivity index (χ3v) is 5.60. The smallest absolute Gasteiger partial charge is 0.255 e. The van der Waals surface area contributed by atoms with E-state index < -0.39 is 0 Å². The molecule has 0 unspecified atom stereocenters. The zero-order valence-electron chi connectivity index (χ0n) is 17.1. The highest BCUT2D eigenvalue weighted by Crippen LogP contribution is 2.34. The van der Waals surface area contributed by atoms with Gasteiger partial charge in [-0.3, -0.25) is 4.79 Å². The Morgan fingerprint density at radius 2 is 1.59 bits per heavy atom. The summed E-state index contributed by atoms with van der Waals surface area (Å²) in [6.45, 7) is 2.99. The number of nitrogens with one attached hydrogen (secondary N) is 2. The number of benzene rings is 2. The minimum absolute atomic E-state index is 0.147. The quantitative estimate of drug-likeness (QED) is 0.723. The van der Waals surface area contributed by atoms with Crippen molar-refractivity contribution in [3.8, 4) is 17.2 Å². The first-order chi connectivity index (χ1) is 14.0. The Bertz CT molecular complexity index is 833. The van der Waals surface area contributed by atoms with E-state index in [9.17, 15) is 4.79 Å². The summed E-state index contributed by atoms with van der Waals surface area (Å²) >= 11 is 5.96. The van der Waals surface area contributed by atoms with E-state index in [1.165, 1.54) is 17.6 Å². The molecule has 1 saturated heterocycles. The number of likely N-dealkylation sites (tertiary alicyclic amines) is 1. The molecule has 1 aliphatic rings. The molecule has 29 heavy (non-hydrogen) atoms. The third kappa shape index (κ3) is 5.34. The number of methoxy groups -OCH3 is 3.